The molecule has 0 unspecified atom stereocenters. The van der Waals surface area contributed by atoms with E-state index in [-0.39, 0.29) is 4.88 Å². The van der Waals surface area contributed by atoms with Gasteiger partial charge in [-0.2, -0.15) is 13.2 Å². The lowest BCUT2D eigenvalue weighted by molar-refractivity contribution is -0.0845. The van der Waals surface area contributed by atoms with E-state index in [2.05, 4.69) is 0 Å². The van der Waals surface area contributed by atoms with Gasteiger partial charge in [-0.15, -0.1) is 11.3 Å². The number of alkyl halides is 3. The third kappa shape index (κ3) is 2.85. The Kier molecular flexibility index (Phi) is 3.34. The number of thiophene rings is 1. The Morgan fingerprint density at radius 3 is 2.57 bits per heavy atom. The van der Waals surface area contributed by atoms with Crippen LogP contribution in [0.5, 0.6) is 0 Å². The van der Waals surface area contributed by atoms with Crippen LogP contribution < -0.4 is 0 Å². The highest BCUT2D eigenvalue weighted by atomic mass is 35.5. The first-order valence-electron chi connectivity index (χ1n) is 3.43. The molecule has 14 heavy (non-hydrogen) atoms. The van der Waals surface area contributed by atoms with E-state index in [1.54, 1.807) is 11.4 Å². The summed E-state index contributed by atoms with van der Waals surface area (Å²) in [6, 6.07) is 3.01. The van der Waals surface area contributed by atoms with Crippen LogP contribution in [0.4, 0.5) is 13.2 Å². The molecule has 0 N–H and O–H groups in total. The van der Waals surface area contributed by atoms with Gasteiger partial charge >= 0.3 is 6.18 Å². The zero-order valence-corrected chi connectivity index (χ0v) is 8.21. The van der Waals surface area contributed by atoms with Crippen molar-refractivity contribution in [2.24, 2.45) is 0 Å². The summed E-state index contributed by atoms with van der Waals surface area (Å²) < 4.78 is 35.7. The summed E-state index contributed by atoms with van der Waals surface area (Å²) >= 11 is 5.95. The van der Waals surface area contributed by atoms with E-state index in [0.717, 1.165) is 11.3 Å². The van der Waals surface area contributed by atoms with Crippen LogP contribution in [-0.4, -0.2) is 12.0 Å². The van der Waals surface area contributed by atoms with Gasteiger partial charge in [-0.1, -0.05) is 17.7 Å². The van der Waals surface area contributed by atoms with E-state index in [9.17, 15) is 18.0 Å². The van der Waals surface area contributed by atoms with Crippen LogP contribution in [0.1, 0.15) is 9.67 Å². The maximum atomic E-state index is 11.9. The zero-order chi connectivity index (χ0) is 10.8. The van der Waals surface area contributed by atoms with Crippen LogP contribution in [0.2, 0.25) is 0 Å². The molecule has 0 saturated carbocycles. The van der Waals surface area contributed by atoms with Crippen molar-refractivity contribution in [1.29, 1.82) is 0 Å². The van der Waals surface area contributed by atoms with Gasteiger partial charge in [0.05, 0.1) is 4.88 Å². The fourth-order valence-electron chi connectivity index (χ4n) is 0.687. The van der Waals surface area contributed by atoms with Crippen molar-refractivity contribution in [3.8, 4) is 0 Å². The quantitative estimate of drug-likeness (QED) is 0.570. The van der Waals surface area contributed by atoms with E-state index in [1.807, 2.05) is 0 Å². The molecule has 1 aromatic heterocycles. The Labute approximate surface area is 86.8 Å². The fraction of sp³-hybridized carbons (Fsp3) is 0.125. The number of carbonyl (C=O) groups excluding carboxylic acids is 1. The predicted molar refractivity (Wildman–Crippen MR) is 48.6 cm³/mol. The standard InChI is InChI=1S/C8H4ClF3OS/c9-7(8(10,11)12)4-5(13)6-2-1-3-14-6/h1-4H/b7-4-. The van der Waals surface area contributed by atoms with E-state index >= 15 is 0 Å². The van der Waals surface area contributed by atoms with Crippen molar-refractivity contribution >= 4 is 28.7 Å². The molecular formula is C8H4ClF3OS. The number of ketones is 1. The molecule has 1 nitrogen and oxygen atoms in total. The van der Waals surface area contributed by atoms with Gasteiger partial charge in [-0.05, 0) is 11.4 Å². The number of carbonyl (C=O) groups is 1. The van der Waals surface area contributed by atoms with Crippen molar-refractivity contribution in [3.05, 3.63) is 33.5 Å². The molecule has 0 aliphatic rings. The molecule has 0 amide bonds. The maximum absolute atomic E-state index is 11.9. The SMILES string of the molecule is O=C(/C=C(\Cl)C(F)(F)F)c1cccs1. The molecule has 0 spiro atoms. The molecule has 1 heterocycles. The van der Waals surface area contributed by atoms with E-state index < -0.39 is 17.0 Å². The summed E-state index contributed by atoms with van der Waals surface area (Å²) in [5.41, 5.74) is 0. The van der Waals surface area contributed by atoms with Crippen LogP contribution in [0, 0.1) is 0 Å². The first-order valence-corrected chi connectivity index (χ1v) is 4.69. The Morgan fingerprint density at radius 1 is 1.50 bits per heavy atom. The minimum absolute atomic E-state index is 0.229. The molecule has 76 valence electrons. The molecule has 1 aromatic rings. The van der Waals surface area contributed by atoms with E-state index in [1.165, 1.54) is 6.07 Å². The molecule has 0 radical (unpaired) electrons. The zero-order valence-electron chi connectivity index (χ0n) is 6.64. The Hall–Kier alpha value is -0.810. The summed E-state index contributed by atoms with van der Waals surface area (Å²) in [6.45, 7) is 0. The summed E-state index contributed by atoms with van der Waals surface area (Å²) in [7, 11) is 0. The minimum atomic E-state index is -4.66. The molecule has 6 heteroatoms. The Bertz CT molecular complexity index is 353. The van der Waals surface area contributed by atoms with Crippen molar-refractivity contribution < 1.29 is 18.0 Å². The van der Waals surface area contributed by atoms with Crippen LogP contribution in [0.15, 0.2) is 28.6 Å². The van der Waals surface area contributed by atoms with Crippen molar-refractivity contribution in [3.63, 3.8) is 0 Å². The van der Waals surface area contributed by atoms with Crippen molar-refractivity contribution in [2.45, 2.75) is 6.18 Å². The smallest absolute Gasteiger partial charge is 0.288 e. The topological polar surface area (TPSA) is 17.1 Å². The largest absolute Gasteiger partial charge is 0.427 e. The van der Waals surface area contributed by atoms with E-state index in [4.69, 9.17) is 11.6 Å². The van der Waals surface area contributed by atoms with Gasteiger partial charge in [0, 0.05) is 6.08 Å². The summed E-state index contributed by atoms with van der Waals surface area (Å²) in [5.74, 6) is -0.734. The average molecular weight is 241 g/mol. The normalized spacial score (nSPS) is 13.0. The highest BCUT2D eigenvalue weighted by Gasteiger charge is 2.33. The minimum Gasteiger partial charge on any atom is -0.288 e. The second-order valence-electron chi connectivity index (χ2n) is 2.33. The molecule has 0 atom stereocenters. The van der Waals surface area contributed by atoms with Gasteiger partial charge < -0.3 is 0 Å². The van der Waals surface area contributed by atoms with Gasteiger partial charge in [0.1, 0.15) is 5.03 Å². The van der Waals surface area contributed by atoms with Gasteiger partial charge in [0.15, 0.2) is 5.78 Å². The maximum Gasteiger partial charge on any atom is 0.427 e. The van der Waals surface area contributed by atoms with Gasteiger partial charge in [-0.3, -0.25) is 4.79 Å². The molecule has 0 fully saturated rings. The molecule has 0 aromatic carbocycles. The highest BCUT2D eigenvalue weighted by Crippen LogP contribution is 2.29. The Morgan fingerprint density at radius 2 is 2.14 bits per heavy atom. The van der Waals surface area contributed by atoms with Crippen molar-refractivity contribution in [2.75, 3.05) is 0 Å². The molecule has 0 aliphatic heterocycles. The fourth-order valence-corrected chi connectivity index (χ4v) is 1.42. The lowest BCUT2D eigenvalue weighted by atomic mass is 10.3. The molecule has 1 rings (SSSR count). The number of allylic oxidation sites excluding steroid dienone is 2. The monoisotopic (exact) mass is 240 g/mol. The van der Waals surface area contributed by atoms with E-state index in [0.29, 0.717) is 6.08 Å². The number of hydrogen-bond acceptors (Lipinski definition) is 2. The first-order chi connectivity index (χ1) is 6.41. The van der Waals surface area contributed by atoms with Crippen LogP contribution in [-0.2, 0) is 0 Å². The van der Waals surface area contributed by atoms with Gasteiger partial charge in [0.2, 0.25) is 0 Å². The first kappa shape index (κ1) is 11.3. The number of hydrogen-bond donors (Lipinski definition) is 0. The number of rotatable bonds is 2. The predicted octanol–water partition coefficient (Wildman–Crippen LogP) is 3.62. The lowest BCUT2D eigenvalue weighted by Gasteiger charge is -2.02. The van der Waals surface area contributed by atoms with Gasteiger partial charge in [-0.25, -0.2) is 0 Å². The summed E-state index contributed by atoms with van der Waals surface area (Å²) in [4.78, 5) is 11.3. The summed E-state index contributed by atoms with van der Waals surface area (Å²) in [6.07, 6.45) is -4.28. The van der Waals surface area contributed by atoms with Crippen LogP contribution in [0.3, 0.4) is 0 Å². The molecule has 0 bridgehead atoms. The molecule has 0 saturated heterocycles. The third-order valence-electron chi connectivity index (χ3n) is 1.29. The Balaban J connectivity index is 2.84. The average Bonchev–Trinajstić information content (AvgIpc) is 2.53. The van der Waals surface area contributed by atoms with Crippen LogP contribution >= 0.6 is 22.9 Å². The van der Waals surface area contributed by atoms with Crippen LogP contribution in [0.25, 0.3) is 0 Å². The molecular weight excluding hydrogens is 237 g/mol. The number of halogens is 4. The highest BCUT2D eigenvalue weighted by molar-refractivity contribution is 7.12. The summed E-state index contributed by atoms with van der Waals surface area (Å²) in [5, 5.41) is 0.193. The molecule has 0 aliphatic carbocycles. The second kappa shape index (κ2) is 4.14. The third-order valence-corrected chi connectivity index (χ3v) is 2.50. The van der Waals surface area contributed by atoms with Crippen molar-refractivity contribution in [1.82, 2.24) is 0 Å². The lowest BCUT2D eigenvalue weighted by Crippen LogP contribution is -2.08. The second-order valence-corrected chi connectivity index (χ2v) is 3.69. The van der Waals surface area contributed by atoms with Gasteiger partial charge in [0.25, 0.3) is 0 Å².